The van der Waals surface area contributed by atoms with E-state index in [-0.39, 0.29) is 18.3 Å². The zero-order valence-corrected chi connectivity index (χ0v) is 17.4. The van der Waals surface area contributed by atoms with Crippen LogP contribution in [-0.4, -0.2) is 27.4 Å². The lowest BCUT2D eigenvalue weighted by Gasteiger charge is -2.05. The highest BCUT2D eigenvalue weighted by atomic mass is 32.1. The molecule has 0 bridgehead atoms. The molecule has 0 fully saturated rings. The van der Waals surface area contributed by atoms with Gasteiger partial charge in [-0.3, -0.25) is 4.79 Å². The number of fused-ring (bicyclic) bond motifs is 1. The van der Waals surface area contributed by atoms with Gasteiger partial charge in [0, 0.05) is 30.0 Å². The minimum atomic E-state index is -0.330. The number of H-pyrrole nitrogens is 1. The fourth-order valence-electron chi connectivity index (χ4n) is 3.16. The first-order chi connectivity index (χ1) is 14.6. The van der Waals surface area contributed by atoms with Crippen LogP contribution in [0.3, 0.4) is 0 Å². The van der Waals surface area contributed by atoms with E-state index in [1.54, 1.807) is 18.2 Å². The second kappa shape index (κ2) is 9.15. The molecule has 2 aromatic heterocycles. The van der Waals surface area contributed by atoms with E-state index >= 15 is 0 Å². The average Bonchev–Trinajstić information content (AvgIpc) is 3.33. The Labute approximate surface area is 177 Å². The first kappa shape index (κ1) is 20.2. The number of halogens is 1. The normalized spacial score (nSPS) is 11.1. The molecule has 0 aliphatic heterocycles. The topological polar surface area (TPSA) is 82.7 Å². The summed E-state index contributed by atoms with van der Waals surface area (Å²) in [5.74, 6) is 0.275. The third kappa shape index (κ3) is 4.72. The lowest BCUT2D eigenvalue weighted by molar-refractivity contribution is 0.0945. The van der Waals surface area contributed by atoms with Crippen molar-refractivity contribution in [2.75, 3.05) is 6.54 Å². The van der Waals surface area contributed by atoms with Gasteiger partial charge in [-0.15, -0.1) is 11.3 Å². The standard InChI is InChI=1S/C22H22FN5OS/c1-14-21(22(29)25-12-15-6-2-3-7-16(15)23)28-20(30-14)10-11-24-13-19-26-17-8-4-5-9-18(17)27-19/h2-9,24H,10-13H2,1H3,(H,25,29)(H,26,27). The maximum Gasteiger partial charge on any atom is 0.271 e. The Morgan fingerprint density at radius 1 is 1.10 bits per heavy atom. The van der Waals surface area contributed by atoms with Crippen LogP contribution < -0.4 is 10.6 Å². The van der Waals surface area contributed by atoms with Crippen LogP contribution in [-0.2, 0) is 19.5 Å². The number of nitrogens with one attached hydrogen (secondary N) is 3. The third-order valence-electron chi connectivity index (χ3n) is 4.70. The highest BCUT2D eigenvalue weighted by Gasteiger charge is 2.15. The van der Waals surface area contributed by atoms with Gasteiger partial charge in [-0.25, -0.2) is 14.4 Å². The molecule has 1 amide bonds. The number of carbonyl (C=O) groups excluding carboxylic acids is 1. The van der Waals surface area contributed by atoms with E-state index in [0.717, 1.165) is 33.3 Å². The van der Waals surface area contributed by atoms with E-state index < -0.39 is 0 Å². The number of para-hydroxylation sites is 2. The summed E-state index contributed by atoms with van der Waals surface area (Å²) in [5.41, 5.74) is 2.84. The number of carbonyl (C=O) groups is 1. The summed E-state index contributed by atoms with van der Waals surface area (Å²) < 4.78 is 13.7. The Bertz CT molecular complexity index is 1140. The fourth-order valence-corrected chi connectivity index (χ4v) is 4.09. The fraction of sp³-hybridized carbons (Fsp3) is 0.227. The first-order valence-electron chi connectivity index (χ1n) is 9.72. The first-order valence-corrected chi connectivity index (χ1v) is 10.5. The summed E-state index contributed by atoms with van der Waals surface area (Å²) >= 11 is 1.51. The Kier molecular flexibility index (Phi) is 6.15. The number of thiazole rings is 1. The molecule has 0 aliphatic rings. The monoisotopic (exact) mass is 423 g/mol. The molecule has 0 aliphatic carbocycles. The van der Waals surface area contributed by atoms with Gasteiger partial charge in [-0.1, -0.05) is 30.3 Å². The quantitative estimate of drug-likeness (QED) is 0.377. The van der Waals surface area contributed by atoms with E-state index in [0.29, 0.717) is 24.2 Å². The number of aryl methyl sites for hydroxylation is 1. The molecule has 4 aromatic rings. The molecule has 0 saturated heterocycles. The molecule has 8 heteroatoms. The minimum absolute atomic E-state index is 0.136. The predicted molar refractivity (Wildman–Crippen MR) is 116 cm³/mol. The van der Waals surface area contributed by atoms with Crippen LogP contribution in [0.15, 0.2) is 48.5 Å². The van der Waals surface area contributed by atoms with Crippen molar-refractivity contribution in [3.05, 3.63) is 81.3 Å². The van der Waals surface area contributed by atoms with Gasteiger partial charge in [0.25, 0.3) is 5.91 Å². The molecular formula is C22H22FN5OS. The average molecular weight is 424 g/mol. The molecule has 30 heavy (non-hydrogen) atoms. The number of hydrogen-bond donors (Lipinski definition) is 3. The maximum absolute atomic E-state index is 13.7. The second-order valence-corrected chi connectivity index (χ2v) is 8.20. The number of amides is 1. The van der Waals surface area contributed by atoms with E-state index in [1.807, 2.05) is 31.2 Å². The van der Waals surface area contributed by atoms with E-state index in [4.69, 9.17) is 0 Å². The molecule has 0 spiro atoms. The Morgan fingerprint density at radius 2 is 1.90 bits per heavy atom. The largest absolute Gasteiger partial charge is 0.346 e. The van der Waals surface area contributed by atoms with Crippen LogP contribution in [0.5, 0.6) is 0 Å². The molecule has 0 saturated carbocycles. The smallest absolute Gasteiger partial charge is 0.271 e. The SMILES string of the molecule is Cc1sc(CCNCc2nc3ccccc3[nH]2)nc1C(=O)NCc1ccccc1F. The Morgan fingerprint density at radius 3 is 2.73 bits per heavy atom. The van der Waals surface area contributed by atoms with Crippen LogP contribution in [0.1, 0.15) is 31.8 Å². The van der Waals surface area contributed by atoms with E-state index in [1.165, 1.54) is 17.4 Å². The van der Waals surface area contributed by atoms with E-state index in [2.05, 4.69) is 25.6 Å². The number of aromatic amines is 1. The summed E-state index contributed by atoms with van der Waals surface area (Å²) in [7, 11) is 0. The highest BCUT2D eigenvalue weighted by Crippen LogP contribution is 2.18. The van der Waals surface area contributed by atoms with Gasteiger partial charge in [0.2, 0.25) is 0 Å². The van der Waals surface area contributed by atoms with Gasteiger partial charge in [0.1, 0.15) is 17.3 Å². The number of hydrogen-bond acceptors (Lipinski definition) is 5. The molecule has 154 valence electrons. The zero-order valence-electron chi connectivity index (χ0n) is 16.5. The van der Waals surface area contributed by atoms with Crippen LogP contribution >= 0.6 is 11.3 Å². The molecule has 0 atom stereocenters. The molecule has 6 nitrogen and oxygen atoms in total. The van der Waals surface area contributed by atoms with Crippen LogP contribution in [0.4, 0.5) is 4.39 Å². The van der Waals surface area contributed by atoms with Crippen molar-refractivity contribution in [2.45, 2.75) is 26.4 Å². The molecular weight excluding hydrogens is 401 g/mol. The maximum atomic E-state index is 13.7. The van der Waals surface area contributed by atoms with Gasteiger partial charge in [0.05, 0.1) is 22.6 Å². The summed E-state index contributed by atoms with van der Waals surface area (Å²) in [5, 5.41) is 6.99. The molecule has 0 unspecified atom stereocenters. The Balaban J connectivity index is 1.28. The van der Waals surface area contributed by atoms with Crippen molar-refractivity contribution in [2.24, 2.45) is 0 Å². The van der Waals surface area contributed by atoms with Crippen molar-refractivity contribution in [3.8, 4) is 0 Å². The van der Waals surface area contributed by atoms with Crippen molar-refractivity contribution >= 4 is 28.3 Å². The van der Waals surface area contributed by atoms with Gasteiger partial charge in [-0.05, 0) is 25.1 Å². The summed E-state index contributed by atoms with van der Waals surface area (Å²) in [6.45, 7) is 3.37. The number of nitrogens with zero attached hydrogens (tertiary/aromatic N) is 2. The van der Waals surface area contributed by atoms with Crippen molar-refractivity contribution in [3.63, 3.8) is 0 Å². The lowest BCUT2D eigenvalue weighted by atomic mass is 10.2. The Hall–Kier alpha value is -3.10. The number of benzene rings is 2. The number of rotatable bonds is 8. The molecule has 2 heterocycles. The van der Waals surface area contributed by atoms with Crippen LogP contribution in [0.25, 0.3) is 11.0 Å². The van der Waals surface area contributed by atoms with Gasteiger partial charge in [-0.2, -0.15) is 0 Å². The minimum Gasteiger partial charge on any atom is -0.346 e. The van der Waals surface area contributed by atoms with Gasteiger partial charge >= 0.3 is 0 Å². The summed E-state index contributed by atoms with van der Waals surface area (Å²) in [4.78, 5) is 25.6. The van der Waals surface area contributed by atoms with Gasteiger partial charge < -0.3 is 15.6 Å². The second-order valence-electron chi connectivity index (χ2n) is 6.91. The van der Waals surface area contributed by atoms with Crippen molar-refractivity contribution < 1.29 is 9.18 Å². The molecule has 3 N–H and O–H groups in total. The van der Waals surface area contributed by atoms with Crippen LogP contribution in [0, 0.1) is 12.7 Å². The molecule has 4 rings (SSSR count). The number of aromatic nitrogens is 3. The molecule has 0 radical (unpaired) electrons. The van der Waals surface area contributed by atoms with Crippen molar-refractivity contribution in [1.29, 1.82) is 0 Å². The summed E-state index contributed by atoms with van der Waals surface area (Å²) in [6, 6.07) is 14.3. The number of imidazole rings is 1. The highest BCUT2D eigenvalue weighted by molar-refractivity contribution is 7.11. The summed E-state index contributed by atoms with van der Waals surface area (Å²) in [6.07, 6.45) is 0.715. The lowest BCUT2D eigenvalue weighted by Crippen LogP contribution is -2.24. The van der Waals surface area contributed by atoms with E-state index in [9.17, 15) is 9.18 Å². The van der Waals surface area contributed by atoms with Crippen LogP contribution in [0.2, 0.25) is 0 Å². The third-order valence-corrected chi connectivity index (χ3v) is 5.73. The zero-order chi connectivity index (χ0) is 20.9. The van der Waals surface area contributed by atoms with Gasteiger partial charge in [0.15, 0.2) is 0 Å². The molecule has 2 aromatic carbocycles. The van der Waals surface area contributed by atoms with Crippen molar-refractivity contribution in [1.82, 2.24) is 25.6 Å². The predicted octanol–water partition coefficient (Wildman–Crippen LogP) is 3.73.